The van der Waals surface area contributed by atoms with Gasteiger partial charge in [-0.05, 0) is 19.4 Å². The Bertz CT molecular complexity index is 397. The van der Waals surface area contributed by atoms with Crippen LogP contribution < -0.4 is 4.57 Å². The first-order valence-electron chi connectivity index (χ1n) is 10.2. The Morgan fingerprint density at radius 2 is 1.13 bits per heavy atom. The zero-order valence-electron chi connectivity index (χ0n) is 16.1. The van der Waals surface area contributed by atoms with E-state index in [9.17, 15) is 0 Å². The number of unbranched alkanes of at least 4 members (excludes halogenated alkanes) is 12. The molecule has 1 rings (SSSR count). The number of rotatable bonds is 14. The van der Waals surface area contributed by atoms with Gasteiger partial charge in [-0.25, -0.2) is 4.57 Å². The summed E-state index contributed by atoms with van der Waals surface area (Å²) < 4.78 is 2.41. The minimum absolute atomic E-state index is 1.19. The summed E-state index contributed by atoms with van der Waals surface area (Å²) in [4.78, 5) is 0. The number of aryl methyl sites for hydroxylation is 3. The van der Waals surface area contributed by atoms with Gasteiger partial charge in [-0.15, -0.1) is 0 Å². The Morgan fingerprint density at radius 3 is 1.65 bits per heavy atom. The molecule has 132 valence electrons. The molecule has 0 spiro atoms. The largest absolute Gasteiger partial charge is 0.202 e. The van der Waals surface area contributed by atoms with Crippen LogP contribution in [0.3, 0.4) is 0 Å². The highest BCUT2D eigenvalue weighted by atomic mass is 14.9. The second-order valence-corrected chi connectivity index (χ2v) is 7.28. The molecule has 0 bridgehead atoms. The Hall–Kier alpha value is -0.850. The van der Waals surface area contributed by atoms with E-state index in [1.807, 2.05) is 0 Å². The molecule has 1 aromatic rings. The smallest absolute Gasteiger partial charge is 0.178 e. The molecule has 0 atom stereocenters. The molecule has 0 saturated carbocycles. The molecule has 0 fully saturated rings. The Balaban J connectivity index is 1.87. The van der Waals surface area contributed by atoms with E-state index < -0.39 is 0 Å². The maximum atomic E-state index is 2.41. The van der Waals surface area contributed by atoms with Crippen molar-refractivity contribution in [3.05, 3.63) is 29.6 Å². The summed E-state index contributed by atoms with van der Waals surface area (Å²) in [5.41, 5.74) is 2.75. The second-order valence-electron chi connectivity index (χ2n) is 7.28. The molecule has 1 aromatic heterocycles. The van der Waals surface area contributed by atoms with Crippen LogP contribution in [0.1, 0.15) is 102 Å². The summed E-state index contributed by atoms with van der Waals surface area (Å²) in [5, 5.41) is 0. The van der Waals surface area contributed by atoms with E-state index in [0.717, 1.165) is 0 Å². The van der Waals surface area contributed by atoms with Gasteiger partial charge in [-0.1, -0.05) is 77.6 Å². The molecular formula is C22H40N+. The Morgan fingerprint density at radius 1 is 0.652 bits per heavy atom. The van der Waals surface area contributed by atoms with E-state index >= 15 is 0 Å². The molecule has 0 aliphatic carbocycles. The van der Waals surface area contributed by atoms with E-state index in [0.29, 0.717) is 0 Å². The van der Waals surface area contributed by atoms with Gasteiger partial charge in [0, 0.05) is 25.0 Å². The second kappa shape index (κ2) is 13.6. The topological polar surface area (TPSA) is 3.88 Å². The van der Waals surface area contributed by atoms with Crippen LogP contribution in [0.5, 0.6) is 0 Å². The average Bonchev–Trinajstić information content (AvgIpc) is 2.55. The van der Waals surface area contributed by atoms with Crippen molar-refractivity contribution in [1.29, 1.82) is 0 Å². The van der Waals surface area contributed by atoms with Gasteiger partial charge >= 0.3 is 0 Å². The summed E-state index contributed by atoms with van der Waals surface area (Å²) >= 11 is 0. The SMILES string of the molecule is CCCCCCCCCCCCCCC[n+]1cc(C)ccc1C. The highest BCUT2D eigenvalue weighted by molar-refractivity contribution is 5.05. The van der Waals surface area contributed by atoms with Crippen LogP contribution in [0.2, 0.25) is 0 Å². The van der Waals surface area contributed by atoms with E-state index in [1.165, 1.54) is 101 Å². The van der Waals surface area contributed by atoms with Crippen molar-refractivity contribution in [2.24, 2.45) is 0 Å². The van der Waals surface area contributed by atoms with Crippen LogP contribution in [-0.2, 0) is 6.54 Å². The number of hydrogen-bond acceptors (Lipinski definition) is 0. The third-order valence-electron chi connectivity index (χ3n) is 4.90. The van der Waals surface area contributed by atoms with Gasteiger partial charge in [0.25, 0.3) is 0 Å². The van der Waals surface area contributed by atoms with Gasteiger partial charge in [0.15, 0.2) is 11.9 Å². The quantitative estimate of drug-likeness (QED) is 0.266. The van der Waals surface area contributed by atoms with Crippen molar-refractivity contribution in [2.75, 3.05) is 0 Å². The van der Waals surface area contributed by atoms with Crippen LogP contribution >= 0.6 is 0 Å². The molecule has 1 heterocycles. The van der Waals surface area contributed by atoms with E-state index in [2.05, 4.69) is 43.7 Å². The number of pyridine rings is 1. The van der Waals surface area contributed by atoms with Crippen LogP contribution in [0.15, 0.2) is 18.3 Å². The molecule has 0 aliphatic heterocycles. The normalized spacial score (nSPS) is 11.1. The third kappa shape index (κ3) is 10.5. The molecule has 0 aliphatic rings. The molecule has 0 radical (unpaired) electrons. The summed E-state index contributed by atoms with van der Waals surface area (Å²) in [6.45, 7) is 7.87. The minimum atomic E-state index is 1.19. The molecule has 23 heavy (non-hydrogen) atoms. The maximum Gasteiger partial charge on any atom is 0.178 e. The number of aromatic nitrogens is 1. The van der Waals surface area contributed by atoms with Gasteiger partial charge in [-0.2, -0.15) is 0 Å². The van der Waals surface area contributed by atoms with Crippen molar-refractivity contribution in [2.45, 2.75) is 111 Å². The minimum Gasteiger partial charge on any atom is -0.202 e. The predicted octanol–water partition coefficient (Wildman–Crippen LogP) is 6.68. The first-order chi connectivity index (χ1) is 11.2. The summed E-state index contributed by atoms with van der Waals surface area (Å²) in [5.74, 6) is 0. The Kier molecular flexibility index (Phi) is 11.9. The standard InChI is InChI=1S/C22H40N/c1-4-5-6-7-8-9-10-11-12-13-14-15-16-19-23-20-21(2)17-18-22(23)3/h17-18,20H,4-16,19H2,1-3H3/q+1. The molecular weight excluding hydrogens is 278 g/mol. The lowest BCUT2D eigenvalue weighted by Gasteiger charge is -2.03. The molecule has 0 N–H and O–H groups in total. The van der Waals surface area contributed by atoms with Crippen molar-refractivity contribution >= 4 is 0 Å². The highest BCUT2D eigenvalue weighted by Crippen LogP contribution is 2.12. The van der Waals surface area contributed by atoms with Crippen LogP contribution in [0, 0.1) is 13.8 Å². The van der Waals surface area contributed by atoms with E-state index in [-0.39, 0.29) is 0 Å². The number of hydrogen-bond donors (Lipinski definition) is 0. The van der Waals surface area contributed by atoms with Crippen LogP contribution in [0.25, 0.3) is 0 Å². The lowest BCUT2D eigenvalue weighted by Crippen LogP contribution is -2.36. The fourth-order valence-electron chi connectivity index (χ4n) is 3.28. The van der Waals surface area contributed by atoms with Crippen LogP contribution in [-0.4, -0.2) is 0 Å². The molecule has 0 saturated heterocycles. The summed E-state index contributed by atoms with van der Waals surface area (Å²) in [6.07, 6.45) is 20.9. The summed E-state index contributed by atoms with van der Waals surface area (Å²) in [7, 11) is 0. The van der Waals surface area contributed by atoms with Gasteiger partial charge < -0.3 is 0 Å². The first kappa shape index (κ1) is 20.2. The lowest BCUT2D eigenvalue weighted by atomic mass is 10.0. The molecule has 0 amide bonds. The van der Waals surface area contributed by atoms with Gasteiger partial charge in [0.1, 0.15) is 6.54 Å². The van der Waals surface area contributed by atoms with Gasteiger partial charge in [0.05, 0.1) is 0 Å². The van der Waals surface area contributed by atoms with Crippen molar-refractivity contribution in [3.63, 3.8) is 0 Å². The lowest BCUT2D eigenvalue weighted by molar-refractivity contribution is -0.703. The third-order valence-corrected chi connectivity index (χ3v) is 4.90. The Labute approximate surface area is 145 Å². The van der Waals surface area contributed by atoms with E-state index in [4.69, 9.17) is 0 Å². The first-order valence-corrected chi connectivity index (χ1v) is 10.2. The maximum absolute atomic E-state index is 2.41. The predicted molar refractivity (Wildman–Crippen MR) is 102 cm³/mol. The fourth-order valence-corrected chi connectivity index (χ4v) is 3.28. The zero-order chi connectivity index (χ0) is 16.8. The number of nitrogens with zero attached hydrogens (tertiary/aromatic N) is 1. The van der Waals surface area contributed by atoms with Crippen molar-refractivity contribution < 1.29 is 4.57 Å². The molecule has 0 aromatic carbocycles. The molecule has 1 heteroatoms. The van der Waals surface area contributed by atoms with Crippen LogP contribution in [0.4, 0.5) is 0 Å². The van der Waals surface area contributed by atoms with Gasteiger partial charge in [-0.3, -0.25) is 0 Å². The van der Waals surface area contributed by atoms with Crippen molar-refractivity contribution in [1.82, 2.24) is 0 Å². The van der Waals surface area contributed by atoms with Crippen molar-refractivity contribution in [3.8, 4) is 0 Å². The fraction of sp³-hybridized carbons (Fsp3) is 0.773. The molecule has 1 nitrogen and oxygen atoms in total. The molecule has 0 unspecified atom stereocenters. The average molecular weight is 319 g/mol. The zero-order valence-corrected chi connectivity index (χ0v) is 16.1. The van der Waals surface area contributed by atoms with Gasteiger partial charge in [0.2, 0.25) is 0 Å². The monoisotopic (exact) mass is 318 g/mol. The van der Waals surface area contributed by atoms with E-state index in [1.54, 1.807) is 0 Å². The highest BCUT2D eigenvalue weighted by Gasteiger charge is 2.05. The summed E-state index contributed by atoms with van der Waals surface area (Å²) in [6, 6.07) is 4.44.